The number of halogens is 1. The molecule has 0 amide bonds. The molecule has 0 fully saturated rings. The maximum Gasteiger partial charge on any atom is 0.266 e. The van der Waals surface area contributed by atoms with Crippen molar-refractivity contribution in [1.82, 2.24) is 24.5 Å². The molecule has 0 radical (unpaired) electrons. The quantitative estimate of drug-likeness (QED) is 0.349. The summed E-state index contributed by atoms with van der Waals surface area (Å²) in [5, 5.41) is 1.54. The summed E-state index contributed by atoms with van der Waals surface area (Å²) in [7, 11) is 3.66. The number of thioether (sulfide) groups is 1. The van der Waals surface area contributed by atoms with E-state index in [-0.39, 0.29) is 11.5 Å². The number of nitrogens with zero attached hydrogens (tertiary/aromatic N) is 6. The van der Waals surface area contributed by atoms with Gasteiger partial charge in [0.05, 0.1) is 22.3 Å². The highest BCUT2D eigenvalue weighted by Gasteiger charge is 2.17. The number of rotatable bonds is 5. The Kier molecular flexibility index (Phi) is 6.03. The second-order valence-corrected chi connectivity index (χ2v) is 8.89. The van der Waals surface area contributed by atoms with Crippen molar-refractivity contribution in [3.8, 4) is 5.69 Å². The molecule has 2 heterocycles. The summed E-state index contributed by atoms with van der Waals surface area (Å²) in [6, 6.07) is 11.0. The summed E-state index contributed by atoms with van der Waals surface area (Å²) >= 11 is 7.52. The van der Waals surface area contributed by atoms with Gasteiger partial charge < -0.3 is 10.6 Å². The molecular formula is C22H22ClN7OS. The van der Waals surface area contributed by atoms with E-state index >= 15 is 0 Å². The minimum Gasteiger partial charge on any atom is -0.368 e. The molecular weight excluding hydrogens is 446 g/mol. The lowest BCUT2D eigenvalue weighted by molar-refractivity contribution is 0.811. The fraction of sp³-hybridized carbons (Fsp3) is 0.227. The summed E-state index contributed by atoms with van der Waals surface area (Å²) < 4.78 is 1.64. The van der Waals surface area contributed by atoms with Crippen molar-refractivity contribution in [2.45, 2.75) is 24.8 Å². The lowest BCUT2D eigenvalue weighted by atomic mass is 10.1. The Morgan fingerprint density at radius 2 is 1.88 bits per heavy atom. The van der Waals surface area contributed by atoms with Gasteiger partial charge in [-0.1, -0.05) is 35.5 Å². The van der Waals surface area contributed by atoms with Crippen molar-refractivity contribution in [2.75, 3.05) is 24.7 Å². The Balaban J connectivity index is 1.86. The maximum atomic E-state index is 13.5. The third kappa shape index (κ3) is 4.26. The van der Waals surface area contributed by atoms with Gasteiger partial charge in [0.15, 0.2) is 5.16 Å². The van der Waals surface area contributed by atoms with E-state index in [1.165, 1.54) is 11.8 Å². The first-order chi connectivity index (χ1) is 15.2. The van der Waals surface area contributed by atoms with Crippen molar-refractivity contribution in [3.05, 3.63) is 68.7 Å². The van der Waals surface area contributed by atoms with Crippen molar-refractivity contribution >= 4 is 46.2 Å². The van der Waals surface area contributed by atoms with E-state index in [9.17, 15) is 4.79 Å². The molecule has 2 N–H and O–H groups in total. The molecule has 4 rings (SSSR count). The van der Waals surface area contributed by atoms with E-state index in [1.54, 1.807) is 27.7 Å². The summed E-state index contributed by atoms with van der Waals surface area (Å²) in [4.78, 5) is 32.9. The number of benzene rings is 2. The average molecular weight is 468 g/mol. The van der Waals surface area contributed by atoms with Crippen LogP contribution < -0.4 is 16.2 Å². The van der Waals surface area contributed by atoms with Crippen molar-refractivity contribution in [2.24, 2.45) is 0 Å². The lowest BCUT2D eigenvalue weighted by Gasteiger charge is -2.16. The summed E-state index contributed by atoms with van der Waals surface area (Å²) in [5.41, 5.74) is 9.11. The minimum atomic E-state index is -0.160. The highest BCUT2D eigenvalue weighted by Crippen LogP contribution is 2.27. The van der Waals surface area contributed by atoms with Gasteiger partial charge in [0.25, 0.3) is 5.56 Å². The standard InChI is InChI=1S/C22H22ClN7OS/c1-12-6-5-7-17(13(12)2)30-19(31)15-9-8-14(23)10-16(15)25-22(30)32-11-18-26-20(24)28-21(27-18)29(3)4/h5-10H,11H2,1-4H3,(H2,24,26,27,28). The molecule has 0 aliphatic rings. The number of nitrogens with two attached hydrogens (primary N) is 1. The minimum absolute atomic E-state index is 0.143. The molecule has 0 saturated heterocycles. The van der Waals surface area contributed by atoms with Gasteiger partial charge in [-0.25, -0.2) is 4.98 Å². The van der Waals surface area contributed by atoms with E-state index in [1.807, 2.05) is 46.1 Å². The molecule has 8 nitrogen and oxygen atoms in total. The van der Waals surface area contributed by atoms with Crippen LogP contribution in [-0.4, -0.2) is 38.6 Å². The maximum absolute atomic E-state index is 13.5. The molecule has 32 heavy (non-hydrogen) atoms. The fourth-order valence-electron chi connectivity index (χ4n) is 3.24. The van der Waals surface area contributed by atoms with Crippen molar-refractivity contribution in [1.29, 1.82) is 0 Å². The Morgan fingerprint density at radius 3 is 2.62 bits per heavy atom. The van der Waals surface area contributed by atoms with Crippen molar-refractivity contribution < 1.29 is 0 Å². The Hall–Kier alpha value is -3.17. The number of nitrogen functional groups attached to an aromatic ring is 1. The van der Waals surface area contributed by atoms with Crippen LogP contribution in [0.25, 0.3) is 16.6 Å². The predicted molar refractivity (Wildman–Crippen MR) is 130 cm³/mol. The molecule has 0 atom stereocenters. The van der Waals surface area contributed by atoms with E-state index in [0.717, 1.165) is 16.8 Å². The molecule has 4 aromatic rings. The van der Waals surface area contributed by atoms with Crippen LogP contribution in [0.2, 0.25) is 5.02 Å². The normalized spacial score (nSPS) is 11.2. The zero-order chi connectivity index (χ0) is 23.0. The van der Waals surface area contributed by atoms with Gasteiger partial charge in [-0.2, -0.15) is 15.0 Å². The smallest absolute Gasteiger partial charge is 0.266 e. The molecule has 0 bridgehead atoms. The number of hydrogen-bond acceptors (Lipinski definition) is 8. The third-order valence-corrected chi connectivity index (χ3v) is 6.20. The first-order valence-corrected chi connectivity index (χ1v) is 11.2. The summed E-state index contributed by atoms with van der Waals surface area (Å²) in [6.45, 7) is 4.01. The largest absolute Gasteiger partial charge is 0.368 e. The van der Waals surface area contributed by atoms with Crippen LogP contribution in [-0.2, 0) is 5.75 Å². The van der Waals surface area contributed by atoms with E-state index < -0.39 is 0 Å². The predicted octanol–water partition coefficient (Wildman–Crippen LogP) is 3.78. The van der Waals surface area contributed by atoms with Gasteiger partial charge in [-0.15, -0.1) is 0 Å². The van der Waals surface area contributed by atoms with Gasteiger partial charge in [0.1, 0.15) is 5.82 Å². The molecule has 0 saturated carbocycles. The number of hydrogen-bond donors (Lipinski definition) is 1. The van der Waals surface area contributed by atoms with Gasteiger partial charge in [-0.05, 0) is 49.2 Å². The Bertz CT molecular complexity index is 1390. The van der Waals surface area contributed by atoms with E-state index in [2.05, 4.69) is 15.0 Å². The number of aryl methyl sites for hydroxylation is 1. The molecule has 10 heteroatoms. The van der Waals surface area contributed by atoms with Gasteiger partial charge in [0.2, 0.25) is 11.9 Å². The number of fused-ring (bicyclic) bond motifs is 1. The average Bonchev–Trinajstić information content (AvgIpc) is 2.74. The number of aromatic nitrogens is 5. The molecule has 0 aliphatic carbocycles. The molecule has 0 aliphatic heterocycles. The van der Waals surface area contributed by atoms with Crippen LogP contribution in [0.15, 0.2) is 46.3 Å². The molecule has 164 valence electrons. The molecule has 0 unspecified atom stereocenters. The lowest BCUT2D eigenvalue weighted by Crippen LogP contribution is -2.23. The van der Waals surface area contributed by atoms with Crippen LogP contribution in [0.3, 0.4) is 0 Å². The summed E-state index contributed by atoms with van der Waals surface area (Å²) in [6.07, 6.45) is 0. The van der Waals surface area contributed by atoms with Crippen LogP contribution in [0.5, 0.6) is 0 Å². The third-order valence-electron chi connectivity index (χ3n) is 5.04. The zero-order valence-corrected chi connectivity index (χ0v) is 19.7. The summed E-state index contributed by atoms with van der Waals surface area (Å²) in [5.74, 6) is 1.47. The van der Waals surface area contributed by atoms with Crippen LogP contribution >= 0.6 is 23.4 Å². The highest BCUT2D eigenvalue weighted by atomic mass is 35.5. The second-order valence-electron chi connectivity index (χ2n) is 7.51. The van der Waals surface area contributed by atoms with Gasteiger partial charge in [0, 0.05) is 19.1 Å². The highest BCUT2D eigenvalue weighted by molar-refractivity contribution is 7.98. The first kappa shape index (κ1) is 22.0. The SMILES string of the molecule is Cc1cccc(-n2c(SCc3nc(N)nc(N(C)C)n3)nc3cc(Cl)ccc3c2=O)c1C. The Labute approximate surface area is 194 Å². The van der Waals surface area contributed by atoms with Crippen molar-refractivity contribution in [3.63, 3.8) is 0 Å². The Morgan fingerprint density at radius 1 is 1.09 bits per heavy atom. The van der Waals surface area contributed by atoms with Gasteiger partial charge >= 0.3 is 0 Å². The fourth-order valence-corrected chi connectivity index (χ4v) is 4.27. The van der Waals surface area contributed by atoms with Crippen LogP contribution in [0.4, 0.5) is 11.9 Å². The monoisotopic (exact) mass is 467 g/mol. The van der Waals surface area contributed by atoms with E-state index in [0.29, 0.717) is 38.6 Å². The molecule has 0 spiro atoms. The van der Waals surface area contributed by atoms with Crippen LogP contribution in [0.1, 0.15) is 17.0 Å². The second kappa shape index (κ2) is 8.76. The molecule has 2 aromatic heterocycles. The number of anilines is 2. The van der Waals surface area contributed by atoms with Crippen LogP contribution in [0, 0.1) is 13.8 Å². The topological polar surface area (TPSA) is 103 Å². The molecule has 2 aromatic carbocycles. The zero-order valence-electron chi connectivity index (χ0n) is 18.1. The van der Waals surface area contributed by atoms with Gasteiger partial charge in [-0.3, -0.25) is 9.36 Å². The first-order valence-electron chi connectivity index (χ1n) is 9.84. The van der Waals surface area contributed by atoms with E-state index in [4.69, 9.17) is 22.3 Å².